The molecule has 0 bridgehead atoms. The molecule has 0 aliphatic heterocycles. The highest BCUT2D eigenvalue weighted by atomic mass is 32.2. The van der Waals surface area contributed by atoms with Gasteiger partial charge in [-0.3, -0.25) is 4.79 Å². The summed E-state index contributed by atoms with van der Waals surface area (Å²) < 4.78 is 0. The molecule has 4 nitrogen and oxygen atoms in total. The van der Waals surface area contributed by atoms with Crippen molar-refractivity contribution in [3.63, 3.8) is 0 Å². The molecule has 0 unspecified atom stereocenters. The smallest absolute Gasteiger partial charge is 0.251 e. The van der Waals surface area contributed by atoms with Crippen molar-refractivity contribution in [1.29, 1.82) is 5.26 Å². The largest absolute Gasteiger partial charge is 0.301 e. The predicted octanol–water partition coefficient (Wildman–Crippen LogP) is 1.93. The van der Waals surface area contributed by atoms with E-state index in [9.17, 15) is 4.79 Å². The van der Waals surface area contributed by atoms with Crippen LogP contribution in [0, 0.1) is 11.3 Å². The van der Waals surface area contributed by atoms with Crippen LogP contribution >= 0.6 is 11.8 Å². The van der Waals surface area contributed by atoms with E-state index in [2.05, 4.69) is 16.0 Å². The fraction of sp³-hybridized carbons (Fsp3) is 0.0833. The van der Waals surface area contributed by atoms with Gasteiger partial charge in [0.1, 0.15) is 0 Å². The molecule has 17 heavy (non-hydrogen) atoms. The first kappa shape index (κ1) is 11.4. The van der Waals surface area contributed by atoms with Gasteiger partial charge in [0.05, 0.1) is 11.6 Å². The van der Waals surface area contributed by atoms with Crippen LogP contribution in [0.25, 0.3) is 0 Å². The summed E-state index contributed by atoms with van der Waals surface area (Å²) >= 11 is 1.40. The fourth-order valence-corrected chi connectivity index (χ4v) is 2.18. The van der Waals surface area contributed by atoms with Gasteiger partial charge in [0.15, 0.2) is 5.16 Å². The van der Waals surface area contributed by atoms with Crippen LogP contribution in [0.1, 0.15) is 11.1 Å². The first-order chi connectivity index (χ1) is 8.29. The third-order valence-corrected chi connectivity index (χ3v) is 3.09. The van der Waals surface area contributed by atoms with Gasteiger partial charge in [-0.05, 0) is 11.6 Å². The van der Waals surface area contributed by atoms with Crippen molar-refractivity contribution in [2.45, 2.75) is 10.9 Å². The third kappa shape index (κ3) is 2.95. The number of aromatic amines is 1. The first-order valence-corrected chi connectivity index (χ1v) is 5.94. The van der Waals surface area contributed by atoms with Gasteiger partial charge in [-0.1, -0.05) is 30.0 Å². The molecule has 0 spiro atoms. The number of nitrogens with zero attached hydrogens (tertiary/aromatic N) is 2. The normalized spacial score (nSPS) is 9.82. The molecule has 1 aromatic carbocycles. The molecule has 0 atom stereocenters. The summed E-state index contributed by atoms with van der Waals surface area (Å²) in [5.74, 6) is 0.608. The number of thioether (sulfide) groups is 1. The Morgan fingerprint density at radius 1 is 1.35 bits per heavy atom. The first-order valence-electron chi connectivity index (χ1n) is 4.96. The molecule has 2 aromatic rings. The predicted molar refractivity (Wildman–Crippen MR) is 65.6 cm³/mol. The molecule has 0 aliphatic carbocycles. The van der Waals surface area contributed by atoms with E-state index in [0.29, 0.717) is 16.5 Å². The minimum absolute atomic E-state index is 0.170. The zero-order valence-electron chi connectivity index (χ0n) is 8.88. The van der Waals surface area contributed by atoms with Crippen molar-refractivity contribution in [3.8, 4) is 6.07 Å². The van der Waals surface area contributed by atoms with Crippen LogP contribution in [-0.4, -0.2) is 9.97 Å². The molecular formula is C12H9N3OS. The maximum absolute atomic E-state index is 11.1. The lowest BCUT2D eigenvalue weighted by atomic mass is 10.1. The van der Waals surface area contributed by atoms with Crippen LogP contribution in [0.3, 0.4) is 0 Å². The fourth-order valence-electron chi connectivity index (χ4n) is 1.33. The van der Waals surface area contributed by atoms with Crippen molar-refractivity contribution < 1.29 is 0 Å². The molecule has 5 heteroatoms. The molecule has 1 aromatic heterocycles. The van der Waals surface area contributed by atoms with Gasteiger partial charge >= 0.3 is 0 Å². The SMILES string of the molecule is N#Cc1ccccc1CSc1nccc(=O)[nH]1. The number of rotatable bonds is 3. The molecule has 0 amide bonds. The Balaban J connectivity index is 2.13. The standard InChI is InChI=1S/C12H9N3OS/c13-7-9-3-1-2-4-10(9)8-17-12-14-6-5-11(16)15-12/h1-6H,8H2,(H,14,15,16). The average Bonchev–Trinajstić information content (AvgIpc) is 2.37. The Bertz CT molecular complexity index is 615. The molecular weight excluding hydrogens is 234 g/mol. The van der Waals surface area contributed by atoms with Crippen molar-refractivity contribution in [3.05, 3.63) is 58.0 Å². The van der Waals surface area contributed by atoms with Crippen molar-refractivity contribution >= 4 is 11.8 Å². The van der Waals surface area contributed by atoms with E-state index in [1.54, 1.807) is 6.07 Å². The van der Waals surface area contributed by atoms with Gasteiger partial charge in [0, 0.05) is 18.0 Å². The molecule has 0 fully saturated rings. The quantitative estimate of drug-likeness (QED) is 0.660. The highest BCUT2D eigenvalue weighted by molar-refractivity contribution is 7.98. The van der Waals surface area contributed by atoms with Crippen molar-refractivity contribution in [1.82, 2.24) is 9.97 Å². The Hall–Kier alpha value is -2.06. The van der Waals surface area contributed by atoms with Crippen LogP contribution in [0.5, 0.6) is 0 Å². The van der Waals surface area contributed by atoms with Crippen LogP contribution in [0.4, 0.5) is 0 Å². The van der Waals surface area contributed by atoms with Crippen LogP contribution < -0.4 is 5.56 Å². The van der Waals surface area contributed by atoms with E-state index in [1.165, 1.54) is 24.0 Å². The minimum Gasteiger partial charge on any atom is -0.301 e. The highest BCUT2D eigenvalue weighted by Crippen LogP contribution is 2.19. The lowest BCUT2D eigenvalue weighted by Gasteiger charge is -2.02. The Morgan fingerprint density at radius 2 is 2.18 bits per heavy atom. The summed E-state index contributed by atoms with van der Waals surface area (Å²) in [5.41, 5.74) is 1.42. The van der Waals surface area contributed by atoms with Gasteiger partial charge in [0.2, 0.25) is 0 Å². The lowest BCUT2D eigenvalue weighted by molar-refractivity contribution is 0.936. The summed E-state index contributed by atoms with van der Waals surface area (Å²) in [5, 5.41) is 9.49. The van der Waals surface area contributed by atoms with E-state index in [1.807, 2.05) is 18.2 Å². The average molecular weight is 243 g/mol. The molecule has 0 aliphatic rings. The van der Waals surface area contributed by atoms with Gasteiger partial charge in [-0.25, -0.2) is 4.98 Å². The van der Waals surface area contributed by atoms with E-state index in [4.69, 9.17) is 5.26 Å². The third-order valence-electron chi connectivity index (χ3n) is 2.15. The molecule has 0 saturated heterocycles. The summed E-state index contributed by atoms with van der Waals surface area (Å²) in [4.78, 5) is 17.7. The summed E-state index contributed by atoms with van der Waals surface area (Å²) in [6.45, 7) is 0. The molecule has 1 heterocycles. The summed E-state index contributed by atoms with van der Waals surface area (Å²) in [6, 6.07) is 10.9. The van der Waals surface area contributed by atoms with Crippen LogP contribution in [0.2, 0.25) is 0 Å². The number of aromatic nitrogens is 2. The Kier molecular flexibility index (Phi) is 3.58. The van der Waals surface area contributed by atoms with Gasteiger partial charge in [-0.15, -0.1) is 0 Å². The molecule has 84 valence electrons. The second-order valence-electron chi connectivity index (χ2n) is 3.30. The number of hydrogen-bond acceptors (Lipinski definition) is 4. The van der Waals surface area contributed by atoms with E-state index >= 15 is 0 Å². The van der Waals surface area contributed by atoms with E-state index < -0.39 is 0 Å². The zero-order chi connectivity index (χ0) is 12.1. The Morgan fingerprint density at radius 3 is 2.94 bits per heavy atom. The molecule has 0 radical (unpaired) electrons. The maximum Gasteiger partial charge on any atom is 0.251 e. The van der Waals surface area contributed by atoms with E-state index in [0.717, 1.165) is 5.56 Å². The number of benzene rings is 1. The van der Waals surface area contributed by atoms with Gasteiger partial charge in [-0.2, -0.15) is 5.26 Å². The lowest BCUT2D eigenvalue weighted by Crippen LogP contribution is -2.05. The zero-order valence-corrected chi connectivity index (χ0v) is 9.70. The number of nitrogens with one attached hydrogen (secondary N) is 1. The monoisotopic (exact) mass is 243 g/mol. The van der Waals surface area contributed by atoms with Gasteiger partial charge in [0.25, 0.3) is 5.56 Å². The molecule has 2 rings (SSSR count). The topological polar surface area (TPSA) is 69.5 Å². The summed E-state index contributed by atoms with van der Waals surface area (Å²) in [7, 11) is 0. The summed E-state index contributed by atoms with van der Waals surface area (Å²) in [6.07, 6.45) is 1.47. The highest BCUT2D eigenvalue weighted by Gasteiger charge is 2.02. The van der Waals surface area contributed by atoms with E-state index in [-0.39, 0.29) is 5.56 Å². The van der Waals surface area contributed by atoms with Crippen LogP contribution in [-0.2, 0) is 5.75 Å². The number of nitriles is 1. The van der Waals surface area contributed by atoms with Gasteiger partial charge < -0.3 is 4.98 Å². The number of H-pyrrole nitrogens is 1. The van der Waals surface area contributed by atoms with Crippen LogP contribution in [0.15, 0.2) is 46.5 Å². The molecule has 0 saturated carbocycles. The second kappa shape index (κ2) is 5.32. The van der Waals surface area contributed by atoms with Crippen molar-refractivity contribution in [2.24, 2.45) is 0 Å². The Labute approximate surface area is 102 Å². The maximum atomic E-state index is 11.1. The number of hydrogen-bond donors (Lipinski definition) is 1. The molecule has 1 N–H and O–H groups in total. The minimum atomic E-state index is -0.170. The van der Waals surface area contributed by atoms with Crippen molar-refractivity contribution in [2.75, 3.05) is 0 Å². The second-order valence-corrected chi connectivity index (χ2v) is 4.26.